The molecule has 0 bridgehead atoms. The fraction of sp³-hybridized carbons (Fsp3) is 0.231. The summed E-state index contributed by atoms with van der Waals surface area (Å²) in [6.45, 7) is 0.221. The largest absolute Gasteiger partial charge is 0.469 e. The number of nitrogens with zero attached hydrogens (tertiary/aromatic N) is 2. The second-order valence-corrected chi connectivity index (χ2v) is 6.46. The molecule has 0 N–H and O–H groups in total. The molecule has 0 unspecified atom stereocenters. The Kier molecular flexibility index (Phi) is 4.39. The first-order valence-electron chi connectivity index (χ1n) is 6.14. The molecule has 0 saturated carbocycles. The van der Waals surface area contributed by atoms with E-state index < -0.39 is 14.9 Å². The van der Waals surface area contributed by atoms with Crippen LogP contribution in [0.3, 0.4) is 0 Å². The van der Waals surface area contributed by atoms with Crippen LogP contribution in [0.1, 0.15) is 5.76 Å². The van der Waals surface area contributed by atoms with Crippen LogP contribution in [0, 0.1) is 10.1 Å². The van der Waals surface area contributed by atoms with Gasteiger partial charge in [-0.2, -0.15) is 0 Å². The highest BCUT2D eigenvalue weighted by atomic mass is 32.2. The second-order valence-electron chi connectivity index (χ2n) is 4.41. The minimum Gasteiger partial charge on any atom is -0.469 e. The van der Waals surface area contributed by atoms with Gasteiger partial charge in [-0.15, -0.1) is 0 Å². The average Bonchev–Trinajstić information content (AvgIpc) is 2.98. The van der Waals surface area contributed by atoms with E-state index in [1.54, 1.807) is 12.1 Å². The molecule has 21 heavy (non-hydrogen) atoms. The summed E-state index contributed by atoms with van der Waals surface area (Å²) in [5, 5.41) is 10.7. The van der Waals surface area contributed by atoms with Crippen molar-refractivity contribution in [3.05, 3.63) is 58.5 Å². The van der Waals surface area contributed by atoms with Crippen molar-refractivity contribution in [3.8, 4) is 0 Å². The molecular weight excluding hydrogens is 296 g/mol. The van der Waals surface area contributed by atoms with E-state index in [4.69, 9.17) is 4.42 Å². The molecule has 0 fully saturated rings. The number of rotatable bonds is 6. The van der Waals surface area contributed by atoms with E-state index in [1.807, 2.05) is 0 Å². The van der Waals surface area contributed by atoms with E-state index in [1.165, 1.54) is 31.5 Å². The monoisotopic (exact) mass is 310 g/mol. The number of furan rings is 1. The van der Waals surface area contributed by atoms with Crippen LogP contribution < -0.4 is 0 Å². The van der Waals surface area contributed by atoms with Crippen LogP contribution in [0.15, 0.2) is 52.0 Å². The summed E-state index contributed by atoms with van der Waals surface area (Å²) in [4.78, 5) is 9.99. The minimum absolute atomic E-state index is 0.0985. The first-order valence-corrected chi connectivity index (χ1v) is 7.58. The van der Waals surface area contributed by atoms with Gasteiger partial charge in [0.2, 0.25) is 10.0 Å². The Morgan fingerprint density at radius 1 is 1.29 bits per heavy atom. The van der Waals surface area contributed by atoms with E-state index in [0.29, 0.717) is 12.2 Å². The number of sulfonamides is 1. The normalized spacial score (nSPS) is 11.7. The summed E-state index contributed by atoms with van der Waals surface area (Å²) in [6, 6.07) is 8.48. The van der Waals surface area contributed by atoms with Crippen LogP contribution in [-0.2, 0) is 16.4 Å². The summed E-state index contributed by atoms with van der Waals surface area (Å²) < 4.78 is 31.0. The highest BCUT2D eigenvalue weighted by Crippen LogP contribution is 2.20. The average molecular weight is 310 g/mol. The van der Waals surface area contributed by atoms with Crippen molar-refractivity contribution >= 4 is 15.7 Å². The molecule has 1 heterocycles. The molecule has 7 nitrogen and oxygen atoms in total. The van der Waals surface area contributed by atoms with Crippen LogP contribution in [0.2, 0.25) is 0 Å². The summed E-state index contributed by atoms with van der Waals surface area (Å²) >= 11 is 0. The topological polar surface area (TPSA) is 93.7 Å². The molecule has 8 heteroatoms. The lowest BCUT2D eigenvalue weighted by atomic mass is 10.3. The van der Waals surface area contributed by atoms with Crippen molar-refractivity contribution in [1.82, 2.24) is 4.31 Å². The zero-order valence-electron chi connectivity index (χ0n) is 11.3. The zero-order chi connectivity index (χ0) is 15.5. The van der Waals surface area contributed by atoms with E-state index in [9.17, 15) is 18.5 Å². The number of likely N-dealkylation sites (N-methyl/N-ethyl adjacent to an activating group) is 1. The Labute approximate surface area is 122 Å². The van der Waals surface area contributed by atoms with Crippen LogP contribution >= 0.6 is 0 Å². The third-order valence-corrected chi connectivity index (χ3v) is 4.84. The van der Waals surface area contributed by atoms with E-state index in [0.717, 1.165) is 10.4 Å². The van der Waals surface area contributed by atoms with Crippen molar-refractivity contribution in [2.75, 3.05) is 13.6 Å². The number of benzene rings is 1. The third-order valence-electron chi connectivity index (χ3n) is 2.99. The lowest BCUT2D eigenvalue weighted by molar-refractivity contribution is -0.385. The van der Waals surface area contributed by atoms with Gasteiger partial charge in [0.15, 0.2) is 0 Å². The van der Waals surface area contributed by atoms with Crippen LogP contribution in [-0.4, -0.2) is 31.2 Å². The molecule has 0 spiro atoms. The Balaban J connectivity index is 2.16. The fourth-order valence-corrected chi connectivity index (χ4v) is 2.99. The Morgan fingerprint density at radius 3 is 2.67 bits per heavy atom. The van der Waals surface area contributed by atoms with E-state index in [-0.39, 0.29) is 17.1 Å². The highest BCUT2D eigenvalue weighted by Gasteiger charge is 2.22. The predicted octanol–water partition coefficient (Wildman–Crippen LogP) is 2.05. The molecule has 1 aromatic carbocycles. The van der Waals surface area contributed by atoms with E-state index >= 15 is 0 Å². The Hall–Kier alpha value is -2.19. The standard InChI is InChI=1S/C13H14N2O5S/c1-14(8-7-12-5-3-9-20-12)21(18,19)13-6-2-4-11(10-13)15(16)17/h2-6,9-10H,7-8H2,1H3. The molecule has 0 radical (unpaired) electrons. The highest BCUT2D eigenvalue weighted by molar-refractivity contribution is 7.89. The zero-order valence-corrected chi connectivity index (χ0v) is 12.1. The van der Waals surface area contributed by atoms with Crippen molar-refractivity contribution in [2.45, 2.75) is 11.3 Å². The lowest BCUT2D eigenvalue weighted by Crippen LogP contribution is -2.29. The number of nitro groups is 1. The molecule has 2 aromatic rings. The van der Waals surface area contributed by atoms with Gasteiger partial charge in [0.05, 0.1) is 16.1 Å². The van der Waals surface area contributed by atoms with Gasteiger partial charge >= 0.3 is 0 Å². The van der Waals surface area contributed by atoms with Crippen molar-refractivity contribution < 1.29 is 17.8 Å². The number of nitro benzene ring substituents is 1. The van der Waals surface area contributed by atoms with Crippen LogP contribution in [0.25, 0.3) is 0 Å². The molecule has 2 rings (SSSR count). The maximum absolute atomic E-state index is 12.3. The molecule has 0 aliphatic rings. The van der Waals surface area contributed by atoms with Gasteiger partial charge in [0.25, 0.3) is 5.69 Å². The maximum Gasteiger partial charge on any atom is 0.270 e. The maximum atomic E-state index is 12.3. The summed E-state index contributed by atoms with van der Waals surface area (Å²) in [7, 11) is -2.33. The number of hydrogen-bond donors (Lipinski definition) is 0. The van der Waals surface area contributed by atoms with Gasteiger partial charge in [-0.25, -0.2) is 12.7 Å². The minimum atomic E-state index is -3.76. The summed E-state index contributed by atoms with van der Waals surface area (Å²) in [6.07, 6.45) is 1.95. The quantitative estimate of drug-likeness (QED) is 0.601. The fourth-order valence-electron chi connectivity index (χ4n) is 1.78. The SMILES string of the molecule is CN(CCc1ccco1)S(=O)(=O)c1cccc([N+](=O)[O-])c1. The van der Waals surface area contributed by atoms with Gasteiger partial charge in [-0.05, 0) is 18.2 Å². The lowest BCUT2D eigenvalue weighted by Gasteiger charge is -2.16. The van der Waals surface area contributed by atoms with Crippen LogP contribution in [0.5, 0.6) is 0 Å². The smallest absolute Gasteiger partial charge is 0.270 e. The molecule has 0 aliphatic carbocycles. The summed E-state index contributed by atoms with van der Waals surface area (Å²) in [5.41, 5.74) is -0.254. The second kappa shape index (κ2) is 6.06. The third kappa shape index (κ3) is 3.47. The van der Waals surface area contributed by atoms with Crippen molar-refractivity contribution in [3.63, 3.8) is 0 Å². The Bertz CT molecular complexity index is 725. The molecule has 0 amide bonds. The molecule has 112 valence electrons. The first-order chi connectivity index (χ1) is 9.91. The molecule has 0 atom stereocenters. The van der Waals surface area contributed by atoms with E-state index in [2.05, 4.69) is 0 Å². The molecular formula is C13H14N2O5S. The predicted molar refractivity (Wildman–Crippen MR) is 75.3 cm³/mol. The van der Waals surface area contributed by atoms with Gasteiger partial charge < -0.3 is 4.42 Å². The van der Waals surface area contributed by atoms with Crippen molar-refractivity contribution in [2.24, 2.45) is 0 Å². The van der Waals surface area contributed by atoms with Crippen molar-refractivity contribution in [1.29, 1.82) is 0 Å². The Morgan fingerprint density at radius 2 is 2.05 bits per heavy atom. The van der Waals surface area contributed by atoms with Gasteiger partial charge in [0.1, 0.15) is 5.76 Å². The first kappa shape index (κ1) is 15.2. The summed E-state index contributed by atoms with van der Waals surface area (Å²) in [5.74, 6) is 0.677. The molecule has 0 aliphatic heterocycles. The van der Waals surface area contributed by atoms with Gasteiger partial charge in [-0.3, -0.25) is 10.1 Å². The molecule has 1 aromatic heterocycles. The number of hydrogen-bond acceptors (Lipinski definition) is 5. The van der Waals surface area contributed by atoms with Gasteiger partial charge in [0, 0.05) is 32.1 Å². The van der Waals surface area contributed by atoms with Gasteiger partial charge in [-0.1, -0.05) is 6.07 Å². The van der Waals surface area contributed by atoms with Crippen LogP contribution in [0.4, 0.5) is 5.69 Å². The number of non-ortho nitro benzene ring substituents is 1. The molecule has 0 saturated heterocycles.